The zero-order valence-corrected chi connectivity index (χ0v) is 12.0. The van der Waals surface area contributed by atoms with Gasteiger partial charge in [-0.15, -0.1) is 0 Å². The first-order valence-electron chi connectivity index (χ1n) is 7.14. The summed E-state index contributed by atoms with van der Waals surface area (Å²) in [5.41, 5.74) is 6.30. The number of carbonyl (C=O) groups excluding carboxylic acids is 2. The standard InChI is InChI=1S/C15H21N3O3/c16-9-14(19)18-8-4-7-13(10-18)17-15(20)21-11-12-5-2-1-3-6-12/h1-3,5-6,13H,4,7-11,16H2,(H,17,20)/t13-/m1/s1. The fourth-order valence-corrected chi connectivity index (χ4v) is 2.38. The third kappa shape index (κ3) is 4.75. The van der Waals surface area contributed by atoms with Crippen LogP contribution in [0.5, 0.6) is 0 Å². The van der Waals surface area contributed by atoms with Crippen LogP contribution in [0.4, 0.5) is 4.79 Å². The molecule has 1 aliphatic rings. The largest absolute Gasteiger partial charge is 0.445 e. The van der Waals surface area contributed by atoms with Crippen molar-refractivity contribution in [3.63, 3.8) is 0 Å². The highest BCUT2D eigenvalue weighted by Crippen LogP contribution is 2.10. The highest BCUT2D eigenvalue weighted by molar-refractivity contribution is 5.78. The Labute approximate surface area is 124 Å². The molecule has 21 heavy (non-hydrogen) atoms. The van der Waals surface area contributed by atoms with Crippen molar-refractivity contribution >= 4 is 12.0 Å². The summed E-state index contributed by atoms with van der Waals surface area (Å²) in [6.07, 6.45) is 1.25. The van der Waals surface area contributed by atoms with Crippen LogP contribution in [0.2, 0.25) is 0 Å². The SMILES string of the molecule is NCC(=O)N1CCC[C@@H](NC(=O)OCc2ccccc2)C1. The van der Waals surface area contributed by atoms with Crippen molar-refractivity contribution in [2.24, 2.45) is 5.73 Å². The molecule has 1 aliphatic heterocycles. The Morgan fingerprint density at radius 3 is 2.81 bits per heavy atom. The Balaban J connectivity index is 1.76. The Morgan fingerprint density at radius 1 is 1.33 bits per heavy atom. The van der Waals surface area contributed by atoms with Crippen LogP contribution < -0.4 is 11.1 Å². The number of carbonyl (C=O) groups is 2. The number of ether oxygens (including phenoxy) is 1. The average Bonchev–Trinajstić information content (AvgIpc) is 2.53. The second-order valence-electron chi connectivity index (χ2n) is 5.09. The minimum Gasteiger partial charge on any atom is -0.445 e. The summed E-state index contributed by atoms with van der Waals surface area (Å²) in [6.45, 7) is 1.44. The molecule has 1 aromatic carbocycles. The summed E-state index contributed by atoms with van der Waals surface area (Å²) >= 11 is 0. The monoisotopic (exact) mass is 291 g/mol. The van der Waals surface area contributed by atoms with Gasteiger partial charge in [-0.05, 0) is 18.4 Å². The molecule has 0 spiro atoms. The van der Waals surface area contributed by atoms with Crippen molar-refractivity contribution in [3.05, 3.63) is 35.9 Å². The van der Waals surface area contributed by atoms with E-state index in [4.69, 9.17) is 10.5 Å². The Kier molecular flexibility index (Phi) is 5.57. The predicted molar refractivity (Wildman–Crippen MR) is 78.4 cm³/mol. The van der Waals surface area contributed by atoms with Crippen LogP contribution in [0.3, 0.4) is 0 Å². The van der Waals surface area contributed by atoms with Gasteiger partial charge < -0.3 is 20.7 Å². The van der Waals surface area contributed by atoms with Gasteiger partial charge >= 0.3 is 6.09 Å². The summed E-state index contributed by atoms with van der Waals surface area (Å²) in [5.74, 6) is -0.0841. The normalized spacial score (nSPS) is 18.1. The summed E-state index contributed by atoms with van der Waals surface area (Å²) < 4.78 is 5.17. The summed E-state index contributed by atoms with van der Waals surface area (Å²) in [6, 6.07) is 9.43. The van der Waals surface area contributed by atoms with Gasteiger partial charge in [0.2, 0.25) is 5.91 Å². The predicted octanol–water partition coefficient (Wildman–Crippen LogP) is 0.862. The number of nitrogens with one attached hydrogen (secondary N) is 1. The molecule has 0 saturated carbocycles. The van der Waals surface area contributed by atoms with Gasteiger partial charge in [-0.1, -0.05) is 30.3 Å². The van der Waals surface area contributed by atoms with Crippen LogP contribution in [-0.4, -0.2) is 42.6 Å². The van der Waals surface area contributed by atoms with Gasteiger partial charge in [0.05, 0.1) is 6.54 Å². The van der Waals surface area contributed by atoms with Crippen LogP contribution >= 0.6 is 0 Å². The second-order valence-corrected chi connectivity index (χ2v) is 5.09. The minimum absolute atomic E-state index is 0.00513. The van der Waals surface area contributed by atoms with Crippen LogP contribution in [0.25, 0.3) is 0 Å². The molecule has 2 rings (SSSR count). The van der Waals surface area contributed by atoms with E-state index < -0.39 is 6.09 Å². The lowest BCUT2D eigenvalue weighted by molar-refractivity contribution is -0.131. The molecule has 0 aliphatic carbocycles. The van der Waals surface area contributed by atoms with E-state index in [2.05, 4.69) is 5.32 Å². The topological polar surface area (TPSA) is 84.7 Å². The first-order chi connectivity index (χ1) is 10.2. The molecule has 6 heteroatoms. The maximum atomic E-state index is 11.8. The quantitative estimate of drug-likeness (QED) is 0.862. The number of nitrogens with zero attached hydrogens (tertiary/aromatic N) is 1. The molecule has 0 radical (unpaired) electrons. The van der Waals surface area contributed by atoms with Gasteiger partial charge in [-0.2, -0.15) is 0 Å². The van der Waals surface area contributed by atoms with Gasteiger partial charge in [0, 0.05) is 19.1 Å². The summed E-state index contributed by atoms with van der Waals surface area (Å²) in [4.78, 5) is 25.0. The third-order valence-corrected chi connectivity index (χ3v) is 3.48. The maximum Gasteiger partial charge on any atom is 0.407 e. The minimum atomic E-state index is -0.453. The molecule has 1 atom stereocenters. The second kappa shape index (κ2) is 7.64. The molecule has 6 nitrogen and oxygen atoms in total. The lowest BCUT2D eigenvalue weighted by Crippen LogP contribution is -2.51. The lowest BCUT2D eigenvalue weighted by Gasteiger charge is -2.32. The van der Waals surface area contributed by atoms with Crippen molar-refractivity contribution in [1.29, 1.82) is 0 Å². The van der Waals surface area contributed by atoms with Gasteiger partial charge in [0.25, 0.3) is 0 Å². The van der Waals surface area contributed by atoms with Crippen LogP contribution in [0.1, 0.15) is 18.4 Å². The van der Waals surface area contributed by atoms with Crippen molar-refractivity contribution < 1.29 is 14.3 Å². The van der Waals surface area contributed by atoms with Crippen LogP contribution in [0.15, 0.2) is 30.3 Å². The van der Waals surface area contributed by atoms with Crippen LogP contribution in [-0.2, 0) is 16.1 Å². The molecule has 1 heterocycles. The number of alkyl carbamates (subject to hydrolysis) is 1. The number of benzene rings is 1. The highest BCUT2D eigenvalue weighted by Gasteiger charge is 2.24. The van der Waals surface area contributed by atoms with E-state index in [1.807, 2.05) is 30.3 Å². The Hall–Kier alpha value is -2.08. The van der Waals surface area contributed by atoms with Gasteiger partial charge in [-0.25, -0.2) is 4.79 Å². The molecule has 0 aromatic heterocycles. The number of rotatable bonds is 4. The molecule has 1 aromatic rings. The van der Waals surface area contributed by atoms with Gasteiger partial charge in [-0.3, -0.25) is 4.79 Å². The number of nitrogens with two attached hydrogens (primary N) is 1. The molecule has 0 bridgehead atoms. The van der Waals surface area contributed by atoms with Crippen molar-refractivity contribution in [3.8, 4) is 0 Å². The highest BCUT2D eigenvalue weighted by atomic mass is 16.5. The van der Waals surface area contributed by atoms with Gasteiger partial charge in [0.15, 0.2) is 0 Å². The van der Waals surface area contributed by atoms with E-state index >= 15 is 0 Å². The third-order valence-electron chi connectivity index (χ3n) is 3.48. The van der Waals surface area contributed by atoms with Crippen molar-refractivity contribution in [2.45, 2.75) is 25.5 Å². The summed E-state index contributed by atoms with van der Waals surface area (Å²) in [5, 5.41) is 2.80. The lowest BCUT2D eigenvalue weighted by atomic mass is 10.1. The first-order valence-corrected chi connectivity index (χ1v) is 7.14. The Morgan fingerprint density at radius 2 is 2.10 bits per heavy atom. The molecule has 114 valence electrons. The molecular weight excluding hydrogens is 270 g/mol. The molecule has 2 amide bonds. The summed E-state index contributed by atoms with van der Waals surface area (Å²) in [7, 11) is 0. The number of hydrogen-bond donors (Lipinski definition) is 2. The molecular formula is C15H21N3O3. The number of hydrogen-bond acceptors (Lipinski definition) is 4. The molecule has 0 unspecified atom stereocenters. The molecule has 1 fully saturated rings. The number of piperidine rings is 1. The zero-order chi connectivity index (χ0) is 15.1. The van der Waals surface area contributed by atoms with E-state index in [0.717, 1.165) is 18.4 Å². The van der Waals surface area contributed by atoms with Gasteiger partial charge in [0.1, 0.15) is 6.61 Å². The molecule has 1 saturated heterocycles. The Bertz CT molecular complexity index is 478. The average molecular weight is 291 g/mol. The van der Waals surface area contributed by atoms with E-state index in [0.29, 0.717) is 13.1 Å². The van der Waals surface area contributed by atoms with Crippen molar-refractivity contribution in [1.82, 2.24) is 10.2 Å². The smallest absolute Gasteiger partial charge is 0.407 e. The van der Waals surface area contributed by atoms with E-state index in [1.165, 1.54) is 0 Å². The van der Waals surface area contributed by atoms with Crippen molar-refractivity contribution in [2.75, 3.05) is 19.6 Å². The number of likely N-dealkylation sites (tertiary alicyclic amines) is 1. The van der Waals surface area contributed by atoms with E-state index in [9.17, 15) is 9.59 Å². The number of amides is 2. The fraction of sp³-hybridized carbons (Fsp3) is 0.467. The van der Waals surface area contributed by atoms with E-state index in [-0.39, 0.29) is 25.1 Å². The zero-order valence-electron chi connectivity index (χ0n) is 12.0. The van der Waals surface area contributed by atoms with E-state index in [1.54, 1.807) is 4.90 Å². The van der Waals surface area contributed by atoms with Crippen LogP contribution in [0, 0.1) is 0 Å². The maximum absolute atomic E-state index is 11.8. The first kappa shape index (κ1) is 15.3. The molecule has 3 N–H and O–H groups in total. The fourth-order valence-electron chi connectivity index (χ4n) is 2.38.